The number of nitrogens with one attached hydrogen (secondary N) is 2. The van der Waals surface area contributed by atoms with Gasteiger partial charge in [-0.15, -0.1) is 0 Å². The Kier molecular flexibility index (Phi) is 7.60. The molecule has 2 aromatic rings. The van der Waals surface area contributed by atoms with Crippen molar-refractivity contribution in [3.8, 4) is 5.75 Å². The number of benzene rings is 1. The van der Waals surface area contributed by atoms with E-state index < -0.39 is 0 Å². The molecule has 2 rings (SSSR count). The standard InChI is InChI=1S/C19H26N4O/c1-3-16-8-5-6-9-17(16)14-23-19(21-4-2)22-12-13-24-18-10-7-11-20-15-18/h5-11,15H,3-4,12-14H2,1-2H3,(H2,21,22,23). The SMILES string of the molecule is CCNC(=NCc1ccccc1CC)NCCOc1cccnc1. The topological polar surface area (TPSA) is 58.5 Å². The summed E-state index contributed by atoms with van der Waals surface area (Å²) in [4.78, 5) is 8.69. The van der Waals surface area contributed by atoms with Crippen LogP contribution in [-0.4, -0.2) is 30.6 Å². The Morgan fingerprint density at radius 2 is 1.92 bits per heavy atom. The molecule has 1 aromatic carbocycles. The highest BCUT2D eigenvalue weighted by molar-refractivity contribution is 5.79. The van der Waals surface area contributed by atoms with Crippen molar-refractivity contribution in [2.45, 2.75) is 26.8 Å². The molecule has 0 fully saturated rings. The molecule has 0 aliphatic heterocycles. The van der Waals surface area contributed by atoms with Crippen LogP contribution in [0.1, 0.15) is 25.0 Å². The molecule has 1 heterocycles. The third-order valence-electron chi connectivity index (χ3n) is 3.55. The lowest BCUT2D eigenvalue weighted by Gasteiger charge is -2.12. The van der Waals surface area contributed by atoms with Crippen molar-refractivity contribution < 1.29 is 4.74 Å². The fraction of sp³-hybridized carbons (Fsp3) is 0.368. The lowest BCUT2D eigenvalue weighted by molar-refractivity contribution is 0.320. The maximum atomic E-state index is 5.63. The van der Waals surface area contributed by atoms with E-state index in [0.717, 1.165) is 24.7 Å². The van der Waals surface area contributed by atoms with Gasteiger partial charge in [-0.1, -0.05) is 31.2 Å². The number of rotatable bonds is 8. The van der Waals surface area contributed by atoms with E-state index in [9.17, 15) is 0 Å². The number of ether oxygens (including phenoxy) is 1. The van der Waals surface area contributed by atoms with Crippen LogP contribution in [0, 0.1) is 0 Å². The predicted octanol–water partition coefficient (Wildman–Crippen LogP) is 2.78. The van der Waals surface area contributed by atoms with Crippen molar-refractivity contribution in [3.63, 3.8) is 0 Å². The van der Waals surface area contributed by atoms with Gasteiger partial charge in [-0.05, 0) is 36.6 Å². The average Bonchev–Trinajstić information content (AvgIpc) is 2.64. The predicted molar refractivity (Wildman–Crippen MR) is 98.4 cm³/mol. The fourth-order valence-electron chi connectivity index (χ4n) is 2.33. The summed E-state index contributed by atoms with van der Waals surface area (Å²) >= 11 is 0. The van der Waals surface area contributed by atoms with Gasteiger partial charge in [-0.2, -0.15) is 0 Å². The number of guanidine groups is 1. The second kappa shape index (κ2) is 10.3. The molecular weight excluding hydrogens is 300 g/mol. The Bertz CT molecular complexity index is 628. The summed E-state index contributed by atoms with van der Waals surface area (Å²) in [7, 11) is 0. The van der Waals surface area contributed by atoms with Crippen molar-refractivity contribution >= 4 is 5.96 Å². The first-order valence-corrected chi connectivity index (χ1v) is 8.45. The van der Waals surface area contributed by atoms with Crippen LogP contribution in [0.5, 0.6) is 5.75 Å². The maximum absolute atomic E-state index is 5.63. The Balaban J connectivity index is 1.84. The molecule has 0 aliphatic carbocycles. The zero-order chi connectivity index (χ0) is 17.0. The van der Waals surface area contributed by atoms with Crippen molar-refractivity contribution in [3.05, 3.63) is 59.9 Å². The van der Waals surface area contributed by atoms with E-state index in [1.54, 1.807) is 12.4 Å². The highest BCUT2D eigenvalue weighted by Crippen LogP contribution is 2.10. The molecule has 0 unspecified atom stereocenters. The van der Waals surface area contributed by atoms with Gasteiger partial charge in [-0.25, -0.2) is 4.99 Å². The summed E-state index contributed by atoms with van der Waals surface area (Å²) in [6, 6.07) is 12.2. The van der Waals surface area contributed by atoms with E-state index in [4.69, 9.17) is 4.74 Å². The number of nitrogens with zero attached hydrogens (tertiary/aromatic N) is 2. The lowest BCUT2D eigenvalue weighted by atomic mass is 10.1. The van der Waals surface area contributed by atoms with Gasteiger partial charge in [-0.3, -0.25) is 4.98 Å². The number of hydrogen-bond acceptors (Lipinski definition) is 3. The zero-order valence-corrected chi connectivity index (χ0v) is 14.5. The first kappa shape index (κ1) is 17.8. The second-order valence-corrected chi connectivity index (χ2v) is 5.28. The summed E-state index contributed by atoms with van der Waals surface area (Å²) in [6.07, 6.45) is 4.46. The van der Waals surface area contributed by atoms with Crippen LogP contribution in [0.4, 0.5) is 0 Å². The number of aryl methyl sites for hydroxylation is 1. The molecule has 0 atom stereocenters. The summed E-state index contributed by atoms with van der Waals surface area (Å²) in [5, 5.41) is 6.55. The molecule has 0 spiro atoms. The number of aliphatic imine (C=N–C) groups is 1. The van der Waals surface area contributed by atoms with Crippen LogP contribution in [0.25, 0.3) is 0 Å². The third-order valence-corrected chi connectivity index (χ3v) is 3.55. The molecular formula is C19H26N4O. The van der Waals surface area contributed by atoms with Crippen LogP contribution < -0.4 is 15.4 Å². The molecule has 0 bridgehead atoms. The van der Waals surface area contributed by atoms with E-state index in [1.165, 1.54) is 11.1 Å². The minimum atomic E-state index is 0.557. The number of pyridine rings is 1. The molecule has 0 radical (unpaired) electrons. The van der Waals surface area contributed by atoms with E-state index >= 15 is 0 Å². The molecule has 24 heavy (non-hydrogen) atoms. The Labute approximate surface area is 144 Å². The van der Waals surface area contributed by atoms with Gasteiger partial charge >= 0.3 is 0 Å². The highest BCUT2D eigenvalue weighted by Gasteiger charge is 2.01. The Hall–Kier alpha value is -2.56. The average molecular weight is 326 g/mol. The Morgan fingerprint density at radius 3 is 2.62 bits per heavy atom. The van der Waals surface area contributed by atoms with Gasteiger partial charge in [0.05, 0.1) is 19.3 Å². The van der Waals surface area contributed by atoms with Crippen molar-refractivity contribution in [2.75, 3.05) is 19.7 Å². The van der Waals surface area contributed by atoms with Gasteiger partial charge in [0, 0.05) is 12.7 Å². The van der Waals surface area contributed by atoms with Gasteiger partial charge in [0.25, 0.3) is 0 Å². The first-order valence-electron chi connectivity index (χ1n) is 8.45. The van der Waals surface area contributed by atoms with E-state index in [-0.39, 0.29) is 0 Å². The van der Waals surface area contributed by atoms with Crippen LogP contribution in [0.3, 0.4) is 0 Å². The fourth-order valence-corrected chi connectivity index (χ4v) is 2.33. The number of aromatic nitrogens is 1. The first-order chi connectivity index (χ1) is 11.8. The van der Waals surface area contributed by atoms with E-state index in [1.807, 2.05) is 12.1 Å². The smallest absolute Gasteiger partial charge is 0.191 e. The van der Waals surface area contributed by atoms with Crippen LogP contribution in [0.2, 0.25) is 0 Å². The second-order valence-electron chi connectivity index (χ2n) is 5.28. The normalized spacial score (nSPS) is 11.2. The number of hydrogen-bond donors (Lipinski definition) is 2. The lowest BCUT2D eigenvalue weighted by Crippen LogP contribution is -2.39. The van der Waals surface area contributed by atoms with Gasteiger partial charge in [0.2, 0.25) is 0 Å². The van der Waals surface area contributed by atoms with Crippen LogP contribution >= 0.6 is 0 Å². The van der Waals surface area contributed by atoms with E-state index in [2.05, 4.69) is 58.7 Å². The Morgan fingerprint density at radius 1 is 1.08 bits per heavy atom. The maximum Gasteiger partial charge on any atom is 0.191 e. The minimum Gasteiger partial charge on any atom is -0.490 e. The van der Waals surface area contributed by atoms with E-state index in [0.29, 0.717) is 19.7 Å². The molecule has 2 N–H and O–H groups in total. The monoisotopic (exact) mass is 326 g/mol. The van der Waals surface area contributed by atoms with Crippen LogP contribution in [-0.2, 0) is 13.0 Å². The van der Waals surface area contributed by atoms with Crippen molar-refractivity contribution in [2.24, 2.45) is 4.99 Å². The third kappa shape index (κ3) is 5.91. The van der Waals surface area contributed by atoms with Gasteiger partial charge in [0.15, 0.2) is 5.96 Å². The molecule has 0 amide bonds. The molecule has 5 nitrogen and oxygen atoms in total. The van der Waals surface area contributed by atoms with Crippen molar-refractivity contribution in [1.82, 2.24) is 15.6 Å². The summed E-state index contributed by atoms with van der Waals surface area (Å²) < 4.78 is 5.63. The van der Waals surface area contributed by atoms with Crippen molar-refractivity contribution in [1.29, 1.82) is 0 Å². The van der Waals surface area contributed by atoms with Gasteiger partial charge < -0.3 is 15.4 Å². The molecule has 0 saturated heterocycles. The molecule has 5 heteroatoms. The molecule has 0 aliphatic rings. The minimum absolute atomic E-state index is 0.557. The quantitative estimate of drug-likeness (QED) is 0.445. The zero-order valence-electron chi connectivity index (χ0n) is 14.5. The van der Waals surface area contributed by atoms with Gasteiger partial charge in [0.1, 0.15) is 12.4 Å². The summed E-state index contributed by atoms with van der Waals surface area (Å²) in [5.41, 5.74) is 2.61. The highest BCUT2D eigenvalue weighted by atomic mass is 16.5. The van der Waals surface area contributed by atoms with Crippen LogP contribution in [0.15, 0.2) is 53.8 Å². The largest absolute Gasteiger partial charge is 0.490 e. The summed E-state index contributed by atoms with van der Waals surface area (Å²) in [6.45, 7) is 6.95. The molecule has 1 aromatic heterocycles. The molecule has 0 saturated carbocycles. The molecule has 128 valence electrons. The summed E-state index contributed by atoms with van der Waals surface area (Å²) in [5.74, 6) is 1.58.